The molecule has 2 saturated heterocycles. The molecule has 2 aliphatic heterocycles. The number of aliphatic hydroxyl groups excluding tert-OH is 3. The Kier molecular flexibility index (Phi) is 23.9. The minimum absolute atomic E-state index is 0.0127. The number of carbonyl (C=O) groups excluding carboxylic acids is 3. The SMILES string of the molecule is CCCCCNc1nc(N)nc2ccn(Cc3ccc(CN4CCN(CCOP(=O)(O)OCc5ccc(O[C@@H]6O[C@H](C(=O)O)[C@@H](O)[C@H](O)[C@H]6O)c(NC(=O)CCNC(=O)CCOCCNC(=O)C(C)CC(=O)O)c5)CC4)cc3C)c12. The highest BCUT2D eigenvalue weighted by Crippen LogP contribution is 2.44. The van der Waals surface area contributed by atoms with Crippen molar-refractivity contribution in [2.45, 2.75) is 110 Å². The van der Waals surface area contributed by atoms with Crippen molar-refractivity contribution in [3.05, 3.63) is 70.9 Å². The number of piperazine rings is 1. The molecule has 2 fully saturated rings. The van der Waals surface area contributed by atoms with Gasteiger partial charge >= 0.3 is 19.8 Å². The van der Waals surface area contributed by atoms with Gasteiger partial charge in [0.05, 0.1) is 44.1 Å². The van der Waals surface area contributed by atoms with Gasteiger partial charge in [-0.1, -0.05) is 51.0 Å². The predicted molar refractivity (Wildman–Crippen MR) is 290 cm³/mol. The highest BCUT2D eigenvalue weighted by atomic mass is 31.2. The third-order valence-corrected chi connectivity index (χ3v) is 14.3. The quantitative estimate of drug-likeness (QED) is 0.0245. The Labute approximate surface area is 462 Å². The maximum Gasteiger partial charge on any atom is 0.472 e. The maximum absolute atomic E-state index is 13.2. The molecule has 0 saturated carbocycles. The number of carboxylic acid groups (broad SMARTS) is 2. The summed E-state index contributed by atoms with van der Waals surface area (Å²) in [4.78, 5) is 84.1. The number of fused-ring (bicyclic) bond motifs is 1. The van der Waals surface area contributed by atoms with E-state index in [1.165, 1.54) is 36.2 Å². The molecule has 2 aromatic carbocycles. The number of phosphoric acid groups is 1. The molecule has 27 nitrogen and oxygen atoms in total. The van der Waals surface area contributed by atoms with Crippen LogP contribution in [0.4, 0.5) is 17.5 Å². The normalized spacial score (nSPS) is 19.9. The summed E-state index contributed by atoms with van der Waals surface area (Å²) in [6, 6.07) is 12.4. The molecule has 0 radical (unpaired) electrons. The first-order valence-corrected chi connectivity index (χ1v) is 28.1. The Morgan fingerprint density at radius 2 is 1.59 bits per heavy atom. The van der Waals surface area contributed by atoms with Crippen molar-refractivity contribution < 1.29 is 82.2 Å². The molecule has 2 aliphatic rings. The van der Waals surface area contributed by atoms with Gasteiger partial charge in [0.1, 0.15) is 29.6 Å². The van der Waals surface area contributed by atoms with E-state index >= 15 is 0 Å². The lowest BCUT2D eigenvalue weighted by molar-refractivity contribution is -0.271. The number of nitrogens with zero attached hydrogens (tertiary/aromatic N) is 5. The zero-order chi connectivity index (χ0) is 57.9. The smallest absolute Gasteiger partial charge is 0.472 e. The lowest BCUT2D eigenvalue weighted by atomic mass is 9.99. The number of hydrogen-bond donors (Lipinski definition) is 11. The van der Waals surface area contributed by atoms with Crippen molar-refractivity contribution in [2.75, 3.05) is 88.5 Å². The molecule has 4 heterocycles. The van der Waals surface area contributed by atoms with E-state index in [0.717, 1.165) is 67.9 Å². The van der Waals surface area contributed by atoms with Crippen molar-refractivity contribution in [1.82, 2.24) is 35.0 Å². The molecule has 2 unspecified atom stereocenters. The van der Waals surface area contributed by atoms with E-state index in [2.05, 4.69) is 77.6 Å². The second-order valence-electron chi connectivity index (χ2n) is 19.7. The minimum atomic E-state index is -4.62. The lowest BCUT2D eigenvalue weighted by Crippen LogP contribution is -2.61. The number of carboxylic acids is 2. The summed E-state index contributed by atoms with van der Waals surface area (Å²) >= 11 is 0. The topological polar surface area (TPSA) is 381 Å². The van der Waals surface area contributed by atoms with Gasteiger partial charge in [-0.2, -0.15) is 4.98 Å². The third kappa shape index (κ3) is 19.1. The third-order valence-electron chi connectivity index (χ3n) is 13.4. The summed E-state index contributed by atoms with van der Waals surface area (Å²) in [5.74, 6) is -4.28. The van der Waals surface area contributed by atoms with Gasteiger partial charge in [-0.25, -0.2) is 14.3 Å². The fourth-order valence-corrected chi connectivity index (χ4v) is 9.59. The Bertz CT molecular complexity index is 2780. The first kappa shape index (κ1) is 62.8. The second kappa shape index (κ2) is 30.5. The van der Waals surface area contributed by atoms with Crippen molar-refractivity contribution >= 4 is 66.0 Å². The van der Waals surface area contributed by atoms with Crippen LogP contribution in [0.1, 0.15) is 74.6 Å². The summed E-state index contributed by atoms with van der Waals surface area (Å²) in [5.41, 5.74) is 11.4. The molecule has 80 heavy (non-hydrogen) atoms. The number of amides is 3. The number of nitrogens with two attached hydrogens (primary N) is 1. The van der Waals surface area contributed by atoms with Gasteiger partial charge in [-0.15, -0.1) is 0 Å². The fraction of sp³-hybridized carbons (Fsp3) is 0.558. The number of aliphatic carboxylic acids is 2. The van der Waals surface area contributed by atoms with Crippen LogP contribution in [-0.4, -0.2) is 187 Å². The van der Waals surface area contributed by atoms with Crippen LogP contribution >= 0.6 is 7.82 Å². The average Bonchev–Trinajstić information content (AvgIpc) is 3.81. The van der Waals surface area contributed by atoms with E-state index < -0.39 is 80.7 Å². The largest absolute Gasteiger partial charge is 0.481 e. The van der Waals surface area contributed by atoms with Crippen LogP contribution in [-0.2, 0) is 66.8 Å². The van der Waals surface area contributed by atoms with Crippen LogP contribution in [0.15, 0.2) is 48.7 Å². The van der Waals surface area contributed by atoms with Gasteiger partial charge in [0.2, 0.25) is 30.0 Å². The first-order valence-electron chi connectivity index (χ1n) is 26.6. The summed E-state index contributed by atoms with van der Waals surface area (Å²) in [6.45, 7) is 10.7. The van der Waals surface area contributed by atoms with E-state index in [0.29, 0.717) is 26.2 Å². The molecule has 440 valence electrons. The highest BCUT2D eigenvalue weighted by molar-refractivity contribution is 7.47. The van der Waals surface area contributed by atoms with Gasteiger partial charge < -0.3 is 76.2 Å². The molecule has 6 rings (SSSR count). The summed E-state index contributed by atoms with van der Waals surface area (Å²) in [6.07, 6.45) is -5.14. The summed E-state index contributed by atoms with van der Waals surface area (Å²) in [7, 11) is -4.62. The molecule has 4 aromatic rings. The number of aryl methyl sites for hydroxylation is 1. The van der Waals surface area contributed by atoms with Gasteiger partial charge in [0.15, 0.2) is 11.9 Å². The standard InChI is InChI=1S/C52H75N10O17P/c1-4-5-6-14-55-48-43-37(58-52(53)59-48)12-17-62(43)30-36-9-7-34(26-32(36)2)29-61-20-18-60(19-21-61)22-25-76-80(73,74)77-31-35-8-10-39(78-51-46(69)44(67)45(68)47(79-51)50(71)72)38(28-35)57-41(64)11-15-54-40(63)13-23-75-24-16-56-49(70)33(3)27-42(65)66/h7-10,12,17,26,28,33,44-47,51,67-69H,4-6,11,13-16,18-25,27,29-31H2,1-3H3,(H,54,63)(H,56,70)(H,57,64)(H,65,66)(H,71,72)(H,73,74)(H3,53,55,58,59)/t33?,44-,45-,46+,47-,51+/m0/s1. The number of hydrogen-bond acceptors (Lipinski definition) is 20. The minimum Gasteiger partial charge on any atom is -0.481 e. The predicted octanol–water partition coefficient (Wildman–Crippen LogP) is 1.77. The second-order valence-corrected chi connectivity index (χ2v) is 21.1. The number of unbranched alkanes of at least 4 members (excludes halogenated alkanes) is 2. The van der Waals surface area contributed by atoms with Gasteiger partial charge in [-0.05, 0) is 53.8 Å². The Morgan fingerprint density at radius 3 is 2.31 bits per heavy atom. The van der Waals surface area contributed by atoms with Crippen LogP contribution in [0.3, 0.4) is 0 Å². The van der Waals surface area contributed by atoms with Crippen molar-refractivity contribution in [1.29, 1.82) is 0 Å². The number of aromatic nitrogens is 3. The van der Waals surface area contributed by atoms with Gasteiger partial charge in [0, 0.05) is 90.4 Å². The van der Waals surface area contributed by atoms with Crippen LogP contribution in [0.5, 0.6) is 5.75 Å². The number of ether oxygens (including phenoxy) is 3. The molecule has 7 atom stereocenters. The average molecular weight is 1140 g/mol. The van der Waals surface area contributed by atoms with Crippen LogP contribution in [0.2, 0.25) is 0 Å². The molecule has 12 N–H and O–H groups in total. The van der Waals surface area contributed by atoms with Crippen molar-refractivity contribution in [3.8, 4) is 5.75 Å². The number of aliphatic hydroxyl groups is 3. The Balaban J connectivity index is 0.952. The number of phosphoric ester groups is 1. The van der Waals surface area contributed by atoms with E-state index in [1.807, 2.05) is 12.3 Å². The molecule has 0 aliphatic carbocycles. The number of carbonyl (C=O) groups is 5. The fourth-order valence-electron chi connectivity index (χ4n) is 8.89. The van der Waals surface area contributed by atoms with Crippen molar-refractivity contribution in [3.63, 3.8) is 0 Å². The monoisotopic (exact) mass is 1140 g/mol. The van der Waals surface area contributed by atoms with E-state index in [-0.39, 0.29) is 75.1 Å². The lowest BCUT2D eigenvalue weighted by Gasteiger charge is -2.38. The number of nitrogen functional groups attached to an aromatic ring is 1. The molecule has 0 spiro atoms. The van der Waals surface area contributed by atoms with E-state index in [4.69, 9.17) is 34.1 Å². The van der Waals surface area contributed by atoms with Crippen LogP contribution < -0.4 is 31.7 Å². The number of rotatable bonds is 32. The number of nitrogens with one attached hydrogen (secondary N) is 4. The number of anilines is 3. The maximum atomic E-state index is 13.2. The van der Waals surface area contributed by atoms with E-state index in [1.54, 1.807) is 0 Å². The Hall–Kier alpha value is -6.36. The molecule has 0 bridgehead atoms. The Morgan fingerprint density at radius 1 is 0.838 bits per heavy atom. The number of benzene rings is 2. The zero-order valence-corrected chi connectivity index (χ0v) is 46.1. The first-order chi connectivity index (χ1) is 38.2. The van der Waals surface area contributed by atoms with Crippen molar-refractivity contribution in [2.24, 2.45) is 5.92 Å². The van der Waals surface area contributed by atoms with E-state index in [9.17, 15) is 53.9 Å². The molecular formula is C52H75N10O17P. The highest BCUT2D eigenvalue weighted by Gasteiger charge is 2.48. The molecular weight excluding hydrogens is 1070 g/mol. The van der Waals surface area contributed by atoms with Gasteiger partial charge in [-0.3, -0.25) is 38.0 Å². The summed E-state index contributed by atoms with van der Waals surface area (Å²) < 4.78 is 42.2. The molecule has 2 aromatic heterocycles. The van der Waals surface area contributed by atoms with Crippen LogP contribution in [0.25, 0.3) is 11.0 Å². The molecule has 3 amide bonds. The van der Waals surface area contributed by atoms with Gasteiger partial charge in [0.25, 0.3) is 0 Å². The zero-order valence-electron chi connectivity index (χ0n) is 45.2. The van der Waals surface area contributed by atoms with Crippen LogP contribution in [0, 0.1) is 12.8 Å². The molecule has 28 heteroatoms. The summed E-state index contributed by atoms with van der Waals surface area (Å²) in [5, 5.41) is 60.6.